The highest BCUT2D eigenvalue weighted by molar-refractivity contribution is 5.75. The smallest absolute Gasteiger partial charge is 0.320 e. The van der Waals surface area contributed by atoms with Gasteiger partial charge in [-0.1, -0.05) is 0 Å². The van der Waals surface area contributed by atoms with Crippen molar-refractivity contribution in [1.82, 2.24) is 9.80 Å². The van der Waals surface area contributed by atoms with Crippen molar-refractivity contribution < 1.29 is 14.7 Å². The van der Waals surface area contributed by atoms with Gasteiger partial charge in [0.05, 0.1) is 0 Å². The number of urea groups is 1. The molecular weight excluding hydrogens is 268 g/mol. The molecule has 0 bridgehead atoms. The zero-order chi connectivity index (χ0) is 15.4. The predicted molar refractivity (Wildman–Crippen MR) is 81.1 cm³/mol. The second-order valence-electron chi connectivity index (χ2n) is 6.86. The number of amides is 2. The lowest BCUT2D eigenvalue weighted by Gasteiger charge is -2.38. The van der Waals surface area contributed by atoms with E-state index in [0.29, 0.717) is 18.3 Å². The fourth-order valence-corrected chi connectivity index (χ4v) is 3.07. The summed E-state index contributed by atoms with van der Waals surface area (Å²) in [5.74, 6) is 0.300. The van der Waals surface area contributed by atoms with Crippen molar-refractivity contribution in [3.63, 3.8) is 0 Å². The first-order valence-corrected chi connectivity index (χ1v) is 8.24. The van der Waals surface area contributed by atoms with Gasteiger partial charge in [0.1, 0.15) is 0 Å². The van der Waals surface area contributed by atoms with Gasteiger partial charge in [-0.2, -0.15) is 0 Å². The topological polar surface area (TPSA) is 60.9 Å². The molecule has 0 aromatic rings. The Morgan fingerprint density at radius 3 is 2.52 bits per heavy atom. The number of carbonyl (C=O) groups excluding carboxylic acids is 1. The fourth-order valence-electron chi connectivity index (χ4n) is 3.07. The standard InChI is InChI=1S/C16H28N2O3/c1-12(2)18(11-14-5-6-14)16(21)17-9-3-4-13(10-17)7-8-15(19)20/h12-14H,3-11H2,1-2H3,(H,19,20). The van der Waals surface area contributed by atoms with Crippen LogP contribution in [0.3, 0.4) is 0 Å². The van der Waals surface area contributed by atoms with E-state index in [2.05, 4.69) is 13.8 Å². The van der Waals surface area contributed by atoms with E-state index in [1.54, 1.807) is 0 Å². The Hall–Kier alpha value is -1.26. The lowest BCUT2D eigenvalue weighted by Crippen LogP contribution is -2.50. The number of nitrogens with zero attached hydrogens (tertiary/aromatic N) is 2. The van der Waals surface area contributed by atoms with Crippen molar-refractivity contribution in [1.29, 1.82) is 0 Å². The minimum atomic E-state index is -0.740. The lowest BCUT2D eigenvalue weighted by atomic mass is 9.93. The average molecular weight is 296 g/mol. The summed E-state index contributed by atoms with van der Waals surface area (Å²) >= 11 is 0. The van der Waals surface area contributed by atoms with Crippen LogP contribution in [-0.2, 0) is 4.79 Å². The molecule has 0 spiro atoms. The van der Waals surface area contributed by atoms with Gasteiger partial charge >= 0.3 is 12.0 Å². The zero-order valence-electron chi connectivity index (χ0n) is 13.3. The van der Waals surface area contributed by atoms with Gasteiger partial charge in [-0.3, -0.25) is 4.79 Å². The minimum absolute atomic E-state index is 0.150. The van der Waals surface area contributed by atoms with Gasteiger partial charge in [-0.25, -0.2) is 4.79 Å². The van der Waals surface area contributed by atoms with Gasteiger partial charge < -0.3 is 14.9 Å². The van der Waals surface area contributed by atoms with Crippen molar-refractivity contribution >= 4 is 12.0 Å². The van der Waals surface area contributed by atoms with E-state index in [0.717, 1.165) is 32.5 Å². The van der Waals surface area contributed by atoms with Crippen molar-refractivity contribution in [2.24, 2.45) is 11.8 Å². The number of aliphatic carboxylic acids is 1. The van der Waals surface area contributed by atoms with E-state index in [1.165, 1.54) is 12.8 Å². The largest absolute Gasteiger partial charge is 0.481 e. The first-order chi connectivity index (χ1) is 9.97. The Morgan fingerprint density at radius 2 is 1.95 bits per heavy atom. The molecule has 1 unspecified atom stereocenters. The highest BCUT2D eigenvalue weighted by atomic mass is 16.4. The second kappa shape index (κ2) is 7.14. The van der Waals surface area contributed by atoms with Crippen LogP contribution in [0.2, 0.25) is 0 Å². The molecule has 2 amide bonds. The predicted octanol–water partition coefficient (Wildman–Crippen LogP) is 2.80. The van der Waals surface area contributed by atoms with Crippen LogP contribution in [0.5, 0.6) is 0 Å². The number of rotatable bonds is 6. The summed E-state index contributed by atoms with van der Waals surface area (Å²) in [6, 6.07) is 0.384. The fraction of sp³-hybridized carbons (Fsp3) is 0.875. The van der Waals surface area contributed by atoms with Crippen LogP contribution in [0.4, 0.5) is 4.79 Å². The van der Waals surface area contributed by atoms with Crippen molar-refractivity contribution in [2.45, 2.75) is 58.4 Å². The quantitative estimate of drug-likeness (QED) is 0.820. The van der Waals surface area contributed by atoms with Crippen LogP contribution < -0.4 is 0 Å². The minimum Gasteiger partial charge on any atom is -0.481 e. The number of carboxylic acid groups (broad SMARTS) is 1. The SMILES string of the molecule is CC(C)N(CC1CC1)C(=O)N1CCCC(CCC(=O)O)C1. The maximum Gasteiger partial charge on any atom is 0.320 e. The van der Waals surface area contributed by atoms with Crippen LogP contribution >= 0.6 is 0 Å². The molecule has 120 valence electrons. The number of hydrogen-bond acceptors (Lipinski definition) is 2. The Bertz CT molecular complexity index is 380. The first-order valence-electron chi connectivity index (χ1n) is 8.24. The van der Waals surface area contributed by atoms with Gasteiger partial charge in [0.2, 0.25) is 0 Å². The van der Waals surface area contributed by atoms with E-state index < -0.39 is 5.97 Å². The van der Waals surface area contributed by atoms with E-state index in [4.69, 9.17) is 5.11 Å². The third-order valence-electron chi connectivity index (χ3n) is 4.58. The molecule has 0 aromatic heterocycles. The Labute approximate surface area is 127 Å². The first kappa shape index (κ1) is 16.1. The molecule has 1 saturated heterocycles. The molecule has 5 heteroatoms. The van der Waals surface area contributed by atoms with Crippen LogP contribution in [-0.4, -0.2) is 52.6 Å². The summed E-state index contributed by atoms with van der Waals surface area (Å²) in [6.45, 7) is 6.57. The maximum absolute atomic E-state index is 12.7. The molecular formula is C16H28N2O3. The van der Waals surface area contributed by atoms with Gasteiger partial charge in [-0.15, -0.1) is 0 Å². The molecule has 0 radical (unpaired) electrons. The summed E-state index contributed by atoms with van der Waals surface area (Å²) < 4.78 is 0. The van der Waals surface area contributed by atoms with E-state index >= 15 is 0 Å². The third-order valence-corrected chi connectivity index (χ3v) is 4.58. The van der Waals surface area contributed by atoms with E-state index in [9.17, 15) is 9.59 Å². The molecule has 21 heavy (non-hydrogen) atoms. The van der Waals surface area contributed by atoms with Crippen molar-refractivity contribution in [3.05, 3.63) is 0 Å². The Kier molecular flexibility index (Phi) is 5.48. The van der Waals surface area contributed by atoms with E-state index in [-0.39, 0.29) is 18.5 Å². The molecule has 5 nitrogen and oxygen atoms in total. The summed E-state index contributed by atoms with van der Waals surface area (Å²) in [5.41, 5.74) is 0. The van der Waals surface area contributed by atoms with Gasteiger partial charge in [0.25, 0.3) is 0 Å². The van der Waals surface area contributed by atoms with Crippen molar-refractivity contribution in [3.8, 4) is 0 Å². The summed E-state index contributed by atoms with van der Waals surface area (Å²) in [6.07, 6.45) is 5.42. The third kappa shape index (κ3) is 4.90. The maximum atomic E-state index is 12.7. The number of likely N-dealkylation sites (tertiary alicyclic amines) is 1. The summed E-state index contributed by atoms with van der Waals surface area (Å²) in [5, 5.41) is 8.80. The molecule has 1 N–H and O–H groups in total. The Balaban J connectivity index is 1.88. The van der Waals surface area contributed by atoms with Gasteiger partial charge in [0.15, 0.2) is 0 Å². The molecule has 2 fully saturated rings. The van der Waals surface area contributed by atoms with E-state index in [1.807, 2.05) is 9.80 Å². The number of carboxylic acids is 1. The molecule has 0 aromatic carbocycles. The average Bonchev–Trinajstić information content (AvgIpc) is 3.26. The monoisotopic (exact) mass is 296 g/mol. The molecule has 1 heterocycles. The van der Waals surface area contributed by atoms with Crippen LogP contribution in [0.25, 0.3) is 0 Å². The highest BCUT2D eigenvalue weighted by Gasteiger charge is 2.32. The van der Waals surface area contributed by atoms with Crippen LogP contribution in [0.15, 0.2) is 0 Å². The summed E-state index contributed by atoms with van der Waals surface area (Å²) in [7, 11) is 0. The molecule has 1 saturated carbocycles. The number of hydrogen-bond donors (Lipinski definition) is 1. The second-order valence-corrected chi connectivity index (χ2v) is 6.86. The number of carbonyl (C=O) groups is 2. The normalized spacial score (nSPS) is 22.4. The molecule has 1 atom stereocenters. The Morgan fingerprint density at radius 1 is 1.24 bits per heavy atom. The van der Waals surface area contributed by atoms with Crippen LogP contribution in [0.1, 0.15) is 52.4 Å². The van der Waals surface area contributed by atoms with Crippen LogP contribution in [0, 0.1) is 11.8 Å². The lowest BCUT2D eigenvalue weighted by molar-refractivity contribution is -0.137. The van der Waals surface area contributed by atoms with Gasteiger partial charge in [-0.05, 0) is 57.8 Å². The van der Waals surface area contributed by atoms with Crippen molar-refractivity contribution in [2.75, 3.05) is 19.6 Å². The molecule has 2 aliphatic rings. The number of piperidine rings is 1. The van der Waals surface area contributed by atoms with Gasteiger partial charge in [0, 0.05) is 32.1 Å². The molecule has 1 aliphatic heterocycles. The molecule has 1 aliphatic carbocycles. The highest BCUT2D eigenvalue weighted by Crippen LogP contribution is 2.31. The summed E-state index contributed by atoms with van der Waals surface area (Å²) in [4.78, 5) is 27.4. The molecule has 2 rings (SSSR count). The zero-order valence-corrected chi connectivity index (χ0v) is 13.3.